The third-order valence-electron chi connectivity index (χ3n) is 8.23. The molecule has 1 aliphatic rings. The number of aryl methyl sites for hydroxylation is 1. The first kappa shape index (κ1) is 26.7. The molecule has 2 aromatic carbocycles. The molecule has 1 unspecified atom stereocenters. The summed E-state index contributed by atoms with van der Waals surface area (Å²) in [5, 5.41) is 7.44. The van der Waals surface area contributed by atoms with Crippen LogP contribution in [0.2, 0.25) is 0 Å². The average Bonchev–Trinajstić information content (AvgIpc) is 3.36. The summed E-state index contributed by atoms with van der Waals surface area (Å²) < 4.78 is 0. The highest BCUT2D eigenvalue weighted by molar-refractivity contribution is 5.93. The van der Waals surface area contributed by atoms with Crippen molar-refractivity contribution in [2.75, 3.05) is 6.54 Å². The molecule has 0 saturated heterocycles. The molecule has 1 atom stereocenters. The molecule has 2 amide bonds. The Hall–Kier alpha value is -3.93. The molecule has 3 N–H and O–H groups in total. The monoisotopic (exact) mass is 522 g/mol. The lowest BCUT2D eigenvalue weighted by molar-refractivity contribution is -0.133. The van der Waals surface area contributed by atoms with E-state index in [0.717, 1.165) is 59.0 Å². The number of rotatable bonds is 9. The Bertz CT molecular complexity index is 1420. The molecule has 5 rings (SSSR count). The number of hydrogen-bond donors (Lipinski definition) is 3. The first-order chi connectivity index (χ1) is 18.9. The van der Waals surface area contributed by atoms with Crippen molar-refractivity contribution >= 4 is 22.7 Å². The second kappa shape index (κ2) is 11.4. The summed E-state index contributed by atoms with van der Waals surface area (Å²) in [6, 6.07) is 22.0. The van der Waals surface area contributed by atoms with E-state index in [0.29, 0.717) is 13.0 Å². The maximum absolute atomic E-state index is 14.0. The van der Waals surface area contributed by atoms with Gasteiger partial charge in [-0.25, -0.2) is 0 Å². The molecule has 0 bridgehead atoms. The first-order valence-corrected chi connectivity index (χ1v) is 14.0. The number of nitrogens with zero attached hydrogens (tertiary/aromatic N) is 1. The van der Waals surface area contributed by atoms with Gasteiger partial charge in [0.15, 0.2) is 0 Å². The number of hydrogen-bond acceptors (Lipinski definition) is 3. The highest BCUT2D eigenvalue weighted by Crippen LogP contribution is 2.38. The van der Waals surface area contributed by atoms with Crippen LogP contribution in [0, 0.1) is 6.92 Å². The van der Waals surface area contributed by atoms with Crippen molar-refractivity contribution in [1.29, 1.82) is 0 Å². The van der Waals surface area contributed by atoms with Crippen LogP contribution >= 0.6 is 0 Å². The van der Waals surface area contributed by atoms with E-state index in [9.17, 15) is 9.59 Å². The van der Waals surface area contributed by atoms with Gasteiger partial charge < -0.3 is 15.6 Å². The number of benzene rings is 2. The van der Waals surface area contributed by atoms with Crippen LogP contribution < -0.4 is 10.6 Å². The molecule has 0 spiro atoms. The van der Waals surface area contributed by atoms with Crippen molar-refractivity contribution in [2.24, 2.45) is 0 Å². The fraction of sp³-hybridized carbons (Fsp3) is 0.364. The van der Waals surface area contributed by atoms with Gasteiger partial charge in [0.25, 0.3) is 0 Å². The van der Waals surface area contributed by atoms with Crippen molar-refractivity contribution in [1.82, 2.24) is 20.6 Å². The quantitative estimate of drug-likeness (QED) is 0.269. The van der Waals surface area contributed by atoms with Crippen molar-refractivity contribution in [3.05, 3.63) is 102 Å². The Balaban J connectivity index is 1.39. The number of carbonyl (C=O) groups is 2. The van der Waals surface area contributed by atoms with Crippen LogP contribution in [0.25, 0.3) is 10.9 Å². The standard InChI is InChI=1S/C33H38N4O2/c1-24-13-15-25(16-14-24)20-30(38)37-32(2,21-26-22-35-28-11-5-4-10-27(26)28)31(39)36-23-33(17-7-3-8-18-33)29-12-6-9-19-34-29/h4-6,9-16,19,22,35H,3,7-8,17-18,20-21,23H2,1-2H3,(H,36,39)(H,37,38). The summed E-state index contributed by atoms with van der Waals surface area (Å²) in [6.45, 7) is 4.36. The molecular formula is C33H38N4O2. The number of aromatic amines is 1. The predicted molar refractivity (Wildman–Crippen MR) is 155 cm³/mol. The van der Waals surface area contributed by atoms with Crippen LogP contribution in [0.3, 0.4) is 0 Å². The van der Waals surface area contributed by atoms with Gasteiger partial charge >= 0.3 is 0 Å². The minimum absolute atomic E-state index is 0.173. The van der Waals surface area contributed by atoms with Gasteiger partial charge in [0.05, 0.1) is 6.42 Å². The van der Waals surface area contributed by atoms with Crippen LogP contribution in [0.5, 0.6) is 0 Å². The van der Waals surface area contributed by atoms with Gasteiger partial charge in [-0.3, -0.25) is 14.6 Å². The van der Waals surface area contributed by atoms with Gasteiger partial charge in [0.1, 0.15) is 5.54 Å². The van der Waals surface area contributed by atoms with E-state index in [1.54, 1.807) is 0 Å². The molecule has 0 radical (unpaired) electrons. The Labute approximate surface area is 230 Å². The molecule has 1 aliphatic carbocycles. The van der Waals surface area contributed by atoms with Gasteiger partial charge in [0, 0.05) is 47.4 Å². The van der Waals surface area contributed by atoms with Crippen LogP contribution in [0.1, 0.15) is 61.4 Å². The Morgan fingerprint density at radius 3 is 2.46 bits per heavy atom. The first-order valence-electron chi connectivity index (χ1n) is 14.0. The largest absolute Gasteiger partial charge is 0.361 e. The average molecular weight is 523 g/mol. The Morgan fingerprint density at radius 1 is 0.974 bits per heavy atom. The fourth-order valence-corrected chi connectivity index (χ4v) is 5.96. The number of nitrogens with one attached hydrogen (secondary N) is 3. The number of pyridine rings is 1. The maximum Gasteiger partial charge on any atom is 0.245 e. The van der Waals surface area contributed by atoms with E-state index in [1.807, 2.05) is 86.9 Å². The molecule has 4 aromatic rings. The number of carbonyl (C=O) groups excluding carboxylic acids is 2. The number of H-pyrrole nitrogens is 1. The third kappa shape index (κ3) is 6.06. The van der Waals surface area contributed by atoms with Crippen molar-refractivity contribution in [3.8, 4) is 0 Å². The van der Waals surface area contributed by atoms with E-state index in [2.05, 4.69) is 26.7 Å². The highest BCUT2D eigenvalue weighted by atomic mass is 16.2. The topological polar surface area (TPSA) is 86.9 Å². The van der Waals surface area contributed by atoms with Crippen molar-refractivity contribution < 1.29 is 9.59 Å². The van der Waals surface area contributed by atoms with E-state index in [-0.39, 0.29) is 23.7 Å². The van der Waals surface area contributed by atoms with Crippen LogP contribution in [-0.2, 0) is 27.8 Å². The lowest BCUT2D eigenvalue weighted by Crippen LogP contribution is -2.60. The van der Waals surface area contributed by atoms with Crippen LogP contribution in [0.4, 0.5) is 0 Å². The SMILES string of the molecule is Cc1ccc(CC(=O)NC(C)(Cc2c[nH]c3ccccc23)C(=O)NCC2(c3ccccn3)CCCCC2)cc1. The fourth-order valence-electron chi connectivity index (χ4n) is 5.96. The van der Waals surface area contributed by atoms with Gasteiger partial charge in [0.2, 0.25) is 11.8 Å². The zero-order valence-electron chi connectivity index (χ0n) is 22.9. The maximum atomic E-state index is 14.0. The Morgan fingerprint density at radius 2 is 1.72 bits per heavy atom. The lowest BCUT2D eigenvalue weighted by Gasteiger charge is -2.38. The van der Waals surface area contributed by atoms with Gasteiger partial charge in [-0.1, -0.05) is 73.4 Å². The van der Waals surface area contributed by atoms with Crippen LogP contribution in [-0.4, -0.2) is 33.9 Å². The second-order valence-electron chi connectivity index (χ2n) is 11.3. The smallest absolute Gasteiger partial charge is 0.245 e. The number of fused-ring (bicyclic) bond motifs is 1. The molecule has 6 nitrogen and oxygen atoms in total. The number of para-hydroxylation sites is 1. The molecule has 1 saturated carbocycles. The number of amides is 2. The zero-order chi connectivity index (χ0) is 27.3. The molecule has 6 heteroatoms. The number of aromatic nitrogens is 2. The molecule has 2 aromatic heterocycles. The molecule has 0 aliphatic heterocycles. The van der Waals surface area contributed by atoms with Crippen molar-refractivity contribution in [3.63, 3.8) is 0 Å². The van der Waals surface area contributed by atoms with Gasteiger partial charge in [-0.15, -0.1) is 0 Å². The minimum atomic E-state index is -1.13. The lowest BCUT2D eigenvalue weighted by atomic mass is 9.71. The molecular weight excluding hydrogens is 484 g/mol. The third-order valence-corrected chi connectivity index (χ3v) is 8.23. The predicted octanol–water partition coefficient (Wildman–Crippen LogP) is 5.55. The van der Waals surface area contributed by atoms with E-state index in [1.165, 1.54) is 6.42 Å². The summed E-state index contributed by atoms with van der Waals surface area (Å²) in [6.07, 6.45) is 9.79. The summed E-state index contributed by atoms with van der Waals surface area (Å²) in [5.74, 6) is -0.348. The normalized spacial score (nSPS) is 16.4. The van der Waals surface area contributed by atoms with Crippen molar-refractivity contribution in [2.45, 2.75) is 69.7 Å². The summed E-state index contributed by atoms with van der Waals surface area (Å²) in [4.78, 5) is 35.3. The summed E-state index contributed by atoms with van der Waals surface area (Å²) >= 11 is 0. The zero-order valence-corrected chi connectivity index (χ0v) is 22.9. The molecule has 2 heterocycles. The summed E-state index contributed by atoms with van der Waals surface area (Å²) in [5.41, 5.74) is 3.78. The van der Waals surface area contributed by atoms with Crippen LogP contribution in [0.15, 0.2) is 79.1 Å². The van der Waals surface area contributed by atoms with E-state index < -0.39 is 5.54 Å². The van der Waals surface area contributed by atoms with E-state index in [4.69, 9.17) is 0 Å². The second-order valence-corrected chi connectivity index (χ2v) is 11.3. The van der Waals surface area contributed by atoms with Gasteiger partial charge in [-0.2, -0.15) is 0 Å². The minimum Gasteiger partial charge on any atom is -0.361 e. The molecule has 1 fully saturated rings. The molecule has 39 heavy (non-hydrogen) atoms. The highest BCUT2D eigenvalue weighted by Gasteiger charge is 2.40. The van der Waals surface area contributed by atoms with Gasteiger partial charge in [-0.05, 0) is 56.0 Å². The summed E-state index contributed by atoms with van der Waals surface area (Å²) in [7, 11) is 0. The van der Waals surface area contributed by atoms with E-state index >= 15 is 0 Å². The Kier molecular flexibility index (Phi) is 7.82. The molecule has 202 valence electrons.